The summed E-state index contributed by atoms with van der Waals surface area (Å²) >= 11 is 5.80. The summed E-state index contributed by atoms with van der Waals surface area (Å²) in [7, 11) is 1.62. The van der Waals surface area contributed by atoms with Crippen molar-refractivity contribution in [2.45, 2.75) is 19.2 Å². The lowest BCUT2D eigenvalue weighted by atomic mass is 10.0. The maximum Gasteiger partial charge on any atom is 0.251 e. The van der Waals surface area contributed by atoms with Crippen molar-refractivity contribution in [3.8, 4) is 0 Å². The smallest absolute Gasteiger partial charge is 0.251 e. The zero-order chi connectivity index (χ0) is 10.6. The van der Waals surface area contributed by atoms with Crippen LogP contribution in [0.2, 0.25) is 0 Å². The first kappa shape index (κ1) is 11.1. The highest BCUT2D eigenvalue weighted by Crippen LogP contribution is 2.15. The Hall–Kier alpha value is -1.02. The van der Waals surface area contributed by atoms with E-state index >= 15 is 0 Å². The van der Waals surface area contributed by atoms with Crippen LogP contribution < -0.4 is 5.32 Å². The second-order valence-corrected chi connectivity index (χ2v) is 3.32. The van der Waals surface area contributed by atoms with Gasteiger partial charge in [0.05, 0.1) is 0 Å². The fourth-order valence-corrected chi connectivity index (χ4v) is 1.63. The number of benzene rings is 1. The molecule has 0 radical (unpaired) electrons. The average Bonchev–Trinajstić information content (AvgIpc) is 2.26. The molecule has 0 saturated carbocycles. The molecule has 0 aliphatic carbocycles. The molecule has 0 fully saturated rings. The topological polar surface area (TPSA) is 29.1 Å². The molecule has 0 aliphatic rings. The fourth-order valence-electron chi connectivity index (χ4n) is 1.38. The highest BCUT2D eigenvalue weighted by atomic mass is 35.5. The molecule has 0 atom stereocenters. The molecule has 0 bridgehead atoms. The minimum atomic E-state index is -0.0704. The summed E-state index contributed by atoms with van der Waals surface area (Å²) in [5, 5.41) is 2.59. The van der Waals surface area contributed by atoms with Crippen LogP contribution in [-0.2, 0) is 12.3 Å². The maximum atomic E-state index is 11.3. The summed E-state index contributed by atoms with van der Waals surface area (Å²) in [5.41, 5.74) is 2.91. The first-order chi connectivity index (χ1) is 6.72. The lowest BCUT2D eigenvalue weighted by Gasteiger charge is -2.07. The summed E-state index contributed by atoms with van der Waals surface area (Å²) in [6, 6.07) is 5.64. The molecule has 0 spiro atoms. The number of nitrogens with one attached hydrogen (secondary N) is 1. The minimum absolute atomic E-state index is 0.0704. The monoisotopic (exact) mass is 211 g/mol. The Bertz CT molecular complexity index is 336. The van der Waals surface area contributed by atoms with Gasteiger partial charge in [-0.2, -0.15) is 0 Å². The molecule has 0 saturated heterocycles. The van der Waals surface area contributed by atoms with Gasteiger partial charge < -0.3 is 5.32 Å². The third kappa shape index (κ3) is 2.26. The van der Waals surface area contributed by atoms with E-state index in [-0.39, 0.29) is 5.91 Å². The van der Waals surface area contributed by atoms with Crippen LogP contribution in [-0.4, -0.2) is 13.0 Å². The summed E-state index contributed by atoms with van der Waals surface area (Å²) in [5.74, 6) is 0.382. The average molecular weight is 212 g/mol. The number of carbonyl (C=O) groups is 1. The third-order valence-electron chi connectivity index (χ3n) is 2.22. The number of hydrogen-bond donors (Lipinski definition) is 1. The summed E-state index contributed by atoms with van der Waals surface area (Å²) in [6.45, 7) is 2.07. The van der Waals surface area contributed by atoms with Crippen LogP contribution in [0.4, 0.5) is 0 Å². The molecule has 0 unspecified atom stereocenters. The molecule has 1 aromatic carbocycles. The molecule has 14 heavy (non-hydrogen) atoms. The molecule has 2 nitrogen and oxygen atoms in total. The largest absolute Gasteiger partial charge is 0.355 e. The quantitative estimate of drug-likeness (QED) is 0.765. The van der Waals surface area contributed by atoms with Gasteiger partial charge in [-0.15, -0.1) is 11.6 Å². The maximum absolute atomic E-state index is 11.3. The Morgan fingerprint density at radius 1 is 1.43 bits per heavy atom. The Kier molecular flexibility index (Phi) is 3.96. The molecule has 1 aromatic rings. The molecule has 1 rings (SSSR count). The van der Waals surface area contributed by atoms with Gasteiger partial charge in [0.2, 0.25) is 0 Å². The van der Waals surface area contributed by atoms with E-state index in [0.29, 0.717) is 11.4 Å². The van der Waals surface area contributed by atoms with E-state index in [9.17, 15) is 4.79 Å². The van der Waals surface area contributed by atoms with Crippen LogP contribution in [0.15, 0.2) is 18.2 Å². The zero-order valence-corrected chi connectivity index (χ0v) is 9.19. The third-order valence-corrected chi connectivity index (χ3v) is 2.51. The van der Waals surface area contributed by atoms with E-state index in [1.54, 1.807) is 7.05 Å². The molecule has 1 amide bonds. The lowest BCUT2D eigenvalue weighted by Crippen LogP contribution is -2.18. The SMILES string of the molecule is CCc1ccc(C(=O)NC)cc1CCl. The second-order valence-electron chi connectivity index (χ2n) is 3.05. The van der Waals surface area contributed by atoms with E-state index in [4.69, 9.17) is 11.6 Å². The van der Waals surface area contributed by atoms with Gasteiger partial charge in [0.1, 0.15) is 0 Å². The van der Waals surface area contributed by atoms with Gasteiger partial charge >= 0.3 is 0 Å². The molecule has 76 valence electrons. The van der Waals surface area contributed by atoms with E-state index in [2.05, 4.69) is 12.2 Å². The molecular weight excluding hydrogens is 198 g/mol. The summed E-state index contributed by atoms with van der Waals surface area (Å²) in [4.78, 5) is 11.3. The van der Waals surface area contributed by atoms with Crippen LogP contribution >= 0.6 is 11.6 Å². The van der Waals surface area contributed by atoms with Crippen molar-refractivity contribution in [3.05, 3.63) is 34.9 Å². The summed E-state index contributed by atoms with van der Waals surface area (Å²) < 4.78 is 0. The zero-order valence-electron chi connectivity index (χ0n) is 8.43. The fraction of sp³-hybridized carbons (Fsp3) is 0.364. The minimum Gasteiger partial charge on any atom is -0.355 e. The number of alkyl halides is 1. The standard InChI is InChI=1S/C11H14ClNO/c1-3-8-4-5-9(11(14)13-2)6-10(8)7-12/h4-6H,3,7H2,1-2H3,(H,13,14). The predicted molar refractivity (Wildman–Crippen MR) is 58.8 cm³/mol. The van der Waals surface area contributed by atoms with Gasteiger partial charge in [0.25, 0.3) is 5.91 Å². The molecular formula is C11H14ClNO. The van der Waals surface area contributed by atoms with Gasteiger partial charge in [-0.25, -0.2) is 0 Å². The Labute approximate surface area is 89.3 Å². The Morgan fingerprint density at radius 2 is 2.14 bits per heavy atom. The molecule has 1 N–H and O–H groups in total. The number of rotatable bonds is 3. The van der Waals surface area contributed by atoms with Crippen molar-refractivity contribution in [1.29, 1.82) is 0 Å². The number of halogens is 1. The molecule has 0 aliphatic heterocycles. The first-order valence-electron chi connectivity index (χ1n) is 4.62. The number of aryl methyl sites for hydroxylation is 1. The van der Waals surface area contributed by atoms with Crippen LogP contribution in [0.1, 0.15) is 28.4 Å². The van der Waals surface area contributed by atoms with Crippen molar-refractivity contribution >= 4 is 17.5 Å². The summed E-state index contributed by atoms with van der Waals surface area (Å²) in [6.07, 6.45) is 0.941. The molecule has 0 heterocycles. The van der Waals surface area contributed by atoms with Crippen LogP contribution in [0.25, 0.3) is 0 Å². The van der Waals surface area contributed by atoms with Crippen molar-refractivity contribution in [3.63, 3.8) is 0 Å². The second kappa shape index (κ2) is 5.01. The van der Waals surface area contributed by atoms with Gasteiger partial charge in [0.15, 0.2) is 0 Å². The van der Waals surface area contributed by atoms with Gasteiger partial charge in [-0.3, -0.25) is 4.79 Å². The van der Waals surface area contributed by atoms with Crippen molar-refractivity contribution in [2.75, 3.05) is 7.05 Å². The van der Waals surface area contributed by atoms with Gasteiger partial charge in [-0.1, -0.05) is 13.0 Å². The molecule has 3 heteroatoms. The first-order valence-corrected chi connectivity index (χ1v) is 5.16. The number of hydrogen-bond acceptors (Lipinski definition) is 1. The van der Waals surface area contributed by atoms with Gasteiger partial charge in [-0.05, 0) is 29.7 Å². The Balaban J connectivity index is 3.07. The lowest BCUT2D eigenvalue weighted by molar-refractivity contribution is 0.0963. The highest BCUT2D eigenvalue weighted by Gasteiger charge is 2.06. The van der Waals surface area contributed by atoms with E-state index in [1.165, 1.54) is 5.56 Å². The van der Waals surface area contributed by atoms with E-state index < -0.39 is 0 Å². The van der Waals surface area contributed by atoms with Crippen molar-refractivity contribution < 1.29 is 4.79 Å². The van der Waals surface area contributed by atoms with Crippen molar-refractivity contribution in [2.24, 2.45) is 0 Å². The molecule has 0 aromatic heterocycles. The predicted octanol–water partition coefficient (Wildman–Crippen LogP) is 2.35. The number of amides is 1. The number of carbonyl (C=O) groups excluding carboxylic acids is 1. The van der Waals surface area contributed by atoms with Crippen LogP contribution in [0.5, 0.6) is 0 Å². The van der Waals surface area contributed by atoms with E-state index in [1.807, 2.05) is 18.2 Å². The normalized spacial score (nSPS) is 9.93. The highest BCUT2D eigenvalue weighted by molar-refractivity contribution is 6.17. The Morgan fingerprint density at radius 3 is 2.64 bits per heavy atom. The van der Waals surface area contributed by atoms with Crippen LogP contribution in [0, 0.1) is 0 Å². The van der Waals surface area contributed by atoms with Crippen LogP contribution in [0.3, 0.4) is 0 Å². The van der Waals surface area contributed by atoms with E-state index in [0.717, 1.165) is 12.0 Å². The van der Waals surface area contributed by atoms with Crippen molar-refractivity contribution in [1.82, 2.24) is 5.32 Å². The van der Waals surface area contributed by atoms with Gasteiger partial charge in [0, 0.05) is 18.5 Å².